The second-order valence-electron chi connectivity index (χ2n) is 6.64. The van der Waals surface area contributed by atoms with Crippen LogP contribution in [0.3, 0.4) is 0 Å². The van der Waals surface area contributed by atoms with E-state index >= 15 is 0 Å². The van der Waals surface area contributed by atoms with Gasteiger partial charge in [0.05, 0.1) is 29.2 Å². The maximum Gasteiger partial charge on any atom is 0.112 e. The molecule has 0 saturated carbocycles. The molecule has 4 rings (SSSR count). The van der Waals surface area contributed by atoms with Crippen LogP contribution in [0.1, 0.15) is 16.8 Å². The van der Waals surface area contributed by atoms with Crippen molar-refractivity contribution in [2.75, 3.05) is 5.32 Å². The molecule has 0 amide bonds. The average molecular weight is 373 g/mol. The average Bonchev–Trinajstić information content (AvgIpc) is 3.15. The zero-order chi connectivity index (χ0) is 19.7. The van der Waals surface area contributed by atoms with Crippen LogP contribution in [0.5, 0.6) is 0 Å². The molecule has 2 N–H and O–H groups in total. The molecule has 0 aliphatic heterocycles. The fourth-order valence-corrected chi connectivity index (χ4v) is 3.12. The predicted octanol–water partition coefficient (Wildman–Crippen LogP) is 4.67. The molecule has 2 heterocycles. The van der Waals surface area contributed by atoms with Crippen LogP contribution < -0.4 is 5.32 Å². The number of nitroso groups, excluding NO2 is 1. The molecule has 140 valence electrons. The lowest BCUT2D eigenvalue weighted by Crippen LogP contribution is -2.01. The van der Waals surface area contributed by atoms with Gasteiger partial charge in [-0.15, -0.1) is 4.91 Å². The van der Waals surface area contributed by atoms with Crippen molar-refractivity contribution in [2.45, 2.75) is 20.5 Å². The smallest absolute Gasteiger partial charge is 0.112 e. The molecule has 7 nitrogen and oxygen atoms in total. The summed E-state index contributed by atoms with van der Waals surface area (Å²) in [5.74, 6) is 0. The van der Waals surface area contributed by atoms with E-state index in [1.807, 2.05) is 56.4 Å². The topological polar surface area (TPSA) is 92.4 Å². The van der Waals surface area contributed by atoms with E-state index in [9.17, 15) is 10.0 Å². The van der Waals surface area contributed by atoms with Crippen molar-refractivity contribution in [1.82, 2.24) is 14.8 Å². The molecule has 0 aliphatic carbocycles. The molecule has 0 bridgehead atoms. The second kappa shape index (κ2) is 7.21. The van der Waals surface area contributed by atoms with Crippen LogP contribution >= 0.6 is 0 Å². The number of fused-ring (bicyclic) bond motifs is 1. The fraction of sp³-hybridized carbons (Fsp3) is 0.143. The Labute approximate surface area is 161 Å². The molecular weight excluding hydrogens is 354 g/mol. The molecule has 0 fully saturated rings. The van der Waals surface area contributed by atoms with E-state index in [1.54, 1.807) is 16.9 Å². The standard InChI is InChI=1S/C21H19N5O2/c1-13-3-4-16(9-20(13)25-28)23-21-15(12-27)11-22-19-6-5-17(10-18(19)21)26-8-7-14(2)24-26/h3-11,27H,12H2,1-2H3,(H,22,23). The summed E-state index contributed by atoms with van der Waals surface area (Å²) < 4.78 is 1.80. The Hall–Kier alpha value is -3.58. The van der Waals surface area contributed by atoms with E-state index in [2.05, 4.69) is 20.6 Å². The summed E-state index contributed by atoms with van der Waals surface area (Å²) in [5.41, 5.74) is 5.88. The molecule has 2 aromatic heterocycles. The van der Waals surface area contributed by atoms with Gasteiger partial charge in [-0.1, -0.05) is 6.07 Å². The van der Waals surface area contributed by atoms with E-state index < -0.39 is 0 Å². The highest BCUT2D eigenvalue weighted by Crippen LogP contribution is 2.32. The monoisotopic (exact) mass is 373 g/mol. The van der Waals surface area contributed by atoms with Gasteiger partial charge < -0.3 is 10.4 Å². The summed E-state index contributed by atoms with van der Waals surface area (Å²) in [4.78, 5) is 15.5. The summed E-state index contributed by atoms with van der Waals surface area (Å²) in [6.07, 6.45) is 3.55. The second-order valence-corrected chi connectivity index (χ2v) is 6.64. The van der Waals surface area contributed by atoms with Gasteiger partial charge in [0.25, 0.3) is 0 Å². The van der Waals surface area contributed by atoms with Crippen LogP contribution in [0, 0.1) is 18.8 Å². The maximum absolute atomic E-state index is 11.0. The number of aliphatic hydroxyl groups is 1. The first-order valence-corrected chi connectivity index (χ1v) is 8.85. The molecule has 0 radical (unpaired) electrons. The van der Waals surface area contributed by atoms with E-state index in [-0.39, 0.29) is 6.61 Å². The number of nitrogens with one attached hydrogen (secondary N) is 1. The van der Waals surface area contributed by atoms with Crippen LogP contribution in [0.2, 0.25) is 0 Å². The van der Waals surface area contributed by atoms with Gasteiger partial charge in [0.15, 0.2) is 0 Å². The minimum absolute atomic E-state index is 0.166. The zero-order valence-electron chi connectivity index (χ0n) is 15.5. The third kappa shape index (κ3) is 3.23. The molecule has 0 saturated heterocycles. The molecule has 0 atom stereocenters. The predicted molar refractivity (Wildman–Crippen MR) is 109 cm³/mol. The lowest BCUT2D eigenvalue weighted by atomic mass is 10.1. The summed E-state index contributed by atoms with van der Waals surface area (Å²) in [7, 11) is 0. The number of hydrogen-bond acceptors (Lipinski definition) is 6. The Bertz CT molecular complexity index is 1180. The molecule has 0 unspecified atom stereocenters. The van der Waals surface area contributed by atoms with E-state index in [0.29, 0.717) is 16.9 Å². The number of benzene rings is 2. The molecule has 2 aromatic carbocycles. The van der Waals surface area contributed by atoms with E-state index in [4.69, 9.17) is 0 Å². The molecule has 7 heteroatoms. The third-order valence-corrected chi connectivity index (χ3v) is 4.66. The fourth-order valence-electron chi connectivity index (χ4n) is 3.12. The van der Waals surface area contributed by atoms with Crippen LogP contribution in [-0.4, -0.2) is 19.9 Å². The Morgan fingerprint density at radius 3 is 2.71 bits per heavy atom. The number of rotatable bonds is 5. The highest BCUT2D eigenvalue weighted by atomic mass is 16.3. The number of aryl methyl sites for hydroxylation is 2. The summed E-state index contributed by atoms with van der Waals surface area (Å²) in [6.45, 7) is 3.60. The number of aromatic nitrogens is 3. The van der Waals surface area contributed by atoms with Crippen LogP contribution in [0.25, 0.3) is 16.6 Å². The molecular formula is C21H19N5O2. The molecule has 28 heavy (non-hydrogen) atoms. The van der Waals surface area contributed by atoms with Crippen molar-refractivity contribution in [3.05, 3.63) is 76.6 Å². The lowest BCUT2D eigenvalue weighted by Gasteiger charge is -2.15. The summed E-state index contributed by atoms with van der Waals surface area (Å²) in [5, 5.41) is 21.5. The van der Waals surface area contributed by atoms with Crippen molar-refractivity contribution >= 4 is 28.0 Å². The zero-order valence-corrected chi connectivity index (χ0v) is 15.5. The van der Waals surface area contributed by atoms with Gasteiger partial charge in [-0.05, 0) is 61.0 Å². The van der Waals surface area contributed by atoms with Gasteiger partial charge in [-0.2, -0.15) is 5.10 Å². The molecule has 4 aromatic rings. The van der Waals surface area contributed by atoms with E-state index in [0.717, 1.165) is 33.5 Å². The Balaban J connectivity index is 1.86. The van der Waals surface area contributed by atoms with Gasteiger partial charge in [-0.25, -0.2) is 4.68 Å². The quantitative estimate of drug-likeness (QED) is 0.496. The number of aliphatic hydroxyl groups excluding tert-OH is 1. The van der Waals surface area contributed by atoms with Gasteiger partial charge in [0.1, 0.15) is 5.69 Å². The lowest BCUT2D eigenvalue weighted by molar-refractivity contribution is 0.282. The van der Waals surface area contributed by atoms with Crippen LogP contribution in [0.4, 0.5) is 17.1 Å². The summed E-state index contributed by atoms with van der Waals surface area (Å²) >= 11 is 0. The SMILES string of the molecule is Cc1ccn(-c2ccc3ncc(CO)c(Nc4ccc(C)c(N=O)c4)c3c2)n1. The van der Waals surface area contributed by atoms with Crippen molar-refractivity contribution in [1.29, 1.82) is 0 Å². The number of anilines is 2. The van der Waals surface area contributed by atoms with Crippen molar-refractivity contribution in [3.63, 3.8) is 0 Å². The van der Waals surface area contributed by atoms with Crippen LogP contribution in [0.15, 0.2) is 60.0 Å². The van der Waals surface area contributed by atoms with Crippen molar-refractivity contribution in [2.24, 2.45) is 5.18 Å². The van der Waals surface area contributed by atoms with Crippen molar-refractivity contribution in [3.8, 4) is 5.69 Å². The third-order valence-electron chi connectivity index (χ3n) is 4.66. The first kappa shape index (κ1) is 17.8. The van der Waals surface area contributed by atoms with Crippen molar-refractivity contribution < 1.29 is 5.11 Å². The molecule has 0 aliphatic rings. The first-order valence-electron chi connectivity index (χ1n) is 8.85. The first-order chi connectivity index (χ1) is 13.6. The Morgan fingerprint density at radius 2 is 2.00 bits per heavy atom. The highest BCUT2D eigenvalue weighted by molar-refractivity contribution is 5.96. The van der Waals surface area contributed by atoms with Gasteiger partial charge in [0, 0.05) is 29.0 Å². The highest BCUT2D eigenvalue weighted by Gasteiger charge is 2.12. The molecule has 0 spiro atoms. The minimum Gasteiger partial charge on any atom is -0.392 e. The van der Waals surface area contributed by atoms with Crippen LogP contribution in [-0.2, 0) is 6.61 Å². The number of nitrogens with zero attached hydrogens (tertiary/aromatic N) is 4. The van der Waals surface area contributed by atoms with Gasteiger partial charge >= 0.3 is 0 Å². The van der Waals surface area contributed by atoms with Gasteiger partial charge in [0.2, 0.25) is 0 Å². The maximum atomic E-state index is 11.0. The normalized spacial score (nSPS) is 11.0. The van der Waals surface area contributed by atoms with E-state index in [1.165, 1.54) is 0 Å². The number of hydrogen-bond donors (Lipinski definition) is 2. The Morgan fingerprint density at radius 1 is 1.14 bits per heavy atom. The Kier molecular flexibility index (Phi) is 4.58. The number of pyridine rings is 1. The van der Waals surface area contributed by atoms with Gasteiger partial charge in [-0.3, -0.25) is 4.98 Å². The largest absolute Gasteiger partial charge is 0.392 e. The summed E-state index contributed by atoms with van der Waals surface area (Å²) in [6, 6.07) is 13.2. The minimum atomic E-state index is -0.166.